The summed E-state index contributed by atoms with van der Waals surface area (Å²) in [5.74, 6) is -0.854. The molecule has 0 radical (unpaired) electrons. The molecule has 1 rings (SSSR count). The molecule has 1 heterocycles. The van der Waals surface area contributed by atoms with E-state index in [9.17, 15) is 4.79 Å². The number of likely N-dealkylation sites (N-methyl/N-ethyl adjacent to an activating group) is 1. The highest BCUT2D eigenvalue weighted by Gasteiger charge is 2.15. The molecule has 1 aromatic rings. The fourth-order valence-electron chi connectivity index (χ4n) is 1.04. The van der Waals surface area contributed by atoms with Gasteiger partial charge in [0.15, 0.2) is 0 Å². The number of pyridine rings is 1. The zero-order chi connectivity index (χ0) is 9.68. The van der Waals surface area contributed by atoms with E-state index in [4.69, 9.17) is 5.11 Å². The van der Waals surface area contributed by atoms with Gasteiger partial charge >= 0.3 is 5.97 Å². The molecule has 0 aliphatic heterocycles. The second-order valence-electron chi connectivity index (χ2n) is 2.70. The van der Waals surface area contributed by atoms with Crippen LogP contribution in [0.2, 0.25) is 0 Å². The van der Waals surface area contributed by atoms with E-state index in [-0.39, 0.29) is 7.43 Å². The van der Waals surface area contributed by atoms with E-state index >= 15 is 0 Å². The summed E-state index contributed by atoms with van der Waals surface area (Å²) >= 11 is 0. The minimum Gasteiger partial charge on any atom is -0.480 e. The number of aliphatic carboxylic acids is 1. The smallest absolute Gasteiger partial charge is 0.321 e. The normalized spacial score (nSPS) is 11.5. The maximum absolute atomic E-state index is 10.6. The summed E-state index contributed by atoms with van der Waals surface area (Å²) in [4.78, 5) is 14.7. The average Bonchev–Trinajstić information content (AvgIpc) is 2.15. The molecular formula is C10H16N2O2. The number of rotatable bonds is 4. The number of nitrogens with zero attached hydrogens (tertiary/aromatic N) is 1. The molecule has 1 aromatic heterocycles. The first kappa shape index (κ1) is 12.6. The van der Waals surface area contributed by atoms with Crippen LogP contribution in [0.25, 0.3) is 0 Å². The molecule has 0 fully saturated rings. The van der Waals surface area contributed by atoms with Crippen molar-refractivity contribution in [2.45, 2.75) is 19.9 Å². The Bertz CT molecular complexity index is 275. The van der Waals surface area contributed by atoms with Gasteiger partial charge in [-0.3, -0.25) is 9.78 Å². The number of carboxylic acid groups (broad SMARTS) is 1. The van der Waals surface area contributed by atoms with Gasteiger partial charge in [0.25, 0.3) is 0 Å². The van der Waals surface area contributed by atoms with Crippen molar-refractivity contribution in [1.29, 1.82) is 0 Å². The quantitative estimate of drug-likeness (QED) is 0.752. The van der Waals surface area contributed by atoms with E-state index in [0.717, 1.165) is 5.69 Å². The summed E-state index contributed by atoms with van der Waals surface area (Å²) in [6, 6.07) is 4.90. The van der Waals surface area contributed by atoms with Crippen molar-refractivity contribution >= 4 is 5.97 Å². The Hall–Kier alpha value is -1.42. The molecule has 0 amide bonds. The molecular weight excluding hydrogens is 180 g/mol. The number of hydrogen-bond donors (Lipinski definition) is 2. The van der Waals surface area contributed by atoms with Gasteiger partial charge in [-0.25, -0.2) is 0 Å². The van der Waals surface area contributed by atoms with E-state index < -0.39 is 12.0 Å². The Kier molecular flexibility index (Phi) is 5.48. The number of carboxylic acids is 1. The second-order valence-corrected chi connectivity index (χ2v) is 2.70. The number of carbonyl (C=O) groups is 1. The van der Waals surface area contributed by atoms with E-state index in [1.807, 2.05) is 12.1 Å². The van der Waals surface area contributed by atoms with Crippen molar-refractivity contribution in [3.05, 3.63) is 30.1 Å². The largest absolute Gasteiger partial charge is 0.480 e. The van der Waals surface area contributed by atoms with Gasteiger partial charge in [-0.2, -0.15) is 0 Å². The van der Waals surface area contributed by atoms with E-state index in [2.05, 4.69) is 10.3 Å². The molecule has 4 heteroatoms. The van der Waals surface area contributed by atoms with Gasteiger partial charge in [-0.1, -0.05) is 13.5 Å². The average molecular weight is 196 g/mol. The van der Waals surface area contributed by atoms with Crippen molar-refractivity contribution in [2.24, 2.45) is 0 Å². The molecule has 78 valence electrons. The summed E-state index contributed by atoms with van der Waals surface area (Å²) in [7, 11) is 1.63. The van der Waals surface area contributed by atoms with Gasteiger partial charge in [0.05, 0.1) is 0 Å². The first-order chi connectivity index (χ1) is 6.24. The predicted octanol–water partition coefficient (Wildman–Crippen LogP) is 0.933. The highest BCUT2D eigenvalue weighted by atomic mass is 16.4. The molecule has 0 bridgehead atoms. The topological polar surface area (TPSA) is 62.2 Å². The summed E-state index contributed by atoms with van der Waals surface area (Å²) in [6.07, 6.45) is 2.07. The summed E-state index contributed by atoms with van der Waals surface area (Å²) in [5, 5.41) is 11.5. The predicted molar refractivity (Wildman–Crippen MR) is 55.2 cm³/mol. The van der Waals surface area contributed by atoms with Crippen LogP contribution in [0.3, 0.4) is 0 Å². The fourth-order valence-corrected chi connectivity index (χ4v) is 1.04. The van der Waals surface area contributed by atoms with Crippen LogP contribution in [-0.4, -0.2) is 29.1 Å². The lowest BCUT2D eigenvalue weighted by molar-refractivity contribution is -0.139. The lowest BCUT2D eigenvalue weighted by Crippen LogP contribution is -2.35. The maximum Gasteiger partial charge on any atom is 0.321 e. The van der Waals surface area contributed by atoms with Crippen molar-refractivity contribution < 1.29 is 9.90 Å². The molecule has 0 saturated heterocycles. The number of hydrogen-bond acceptors (Lipinski definition) is 3. The molecule has 0 aliphatic carbocycles. The zero-order valence-corrected chi connectivity index (χ0v) is 7.40. The first-order valence-electron chi connectivity index (χ1n) is 4.04. The van der Waals surface area contributed by atoms with Crippen molar-refractivity contribution in [3.63, 3.8) is 0 Å². The van der Waals surface area contributed by atoms with Crippen molar-refractivity contribution in [1.82, 2.24) is 10.3 Å². The maximum atomic E-state index is 10.6. The van der Waals surface area contributed by atoms with Crippen LogP contribution in [0.4, 0.5) is 0 Å². The Morgan fingerprint density at radius 1 is 1.64 bits per heavy atom. The Labute approximate surface area is 84.0 Å². The van der Waals surface area contributed by atoms with Crippen LogP contribution in [0.5, 0.6) is 0 Å². The molecule has 1 atom stereocenters. The van der Waals surface area contributed by atoms with Crippen molar-refractivity contribution in [2.75, 3.05) is 7.05 Å². The van der Waals surface area contributed by atoms with E-state index in [0.29, 0.717) is 6.42 Å². The molecule has 0 saturated carbocycles. The monoisotopic (exact) mass is 196 g/mol. The molecule has 14 heavy (non-hydrogen) atoms. The third-order valence-corrected chi connectivity index (χ3v) is 1.79. The Balaban J connectivity index is 0.00000169. The van der Waals surface area contributed by atoms with Crippen LogP contribution in [0.1, 0.15) is 13.1 Å². The first-order valence-corrected chi connectivity index (χ1v) is 4.04. The van der Waals surface area contributed by atoms with Crippen molar-refractivity contribution in [3.8, 4) is 0 Å². The zero-order valence-electron chi connectivity index (χ0n) is 7.40. The Morgan fingerprint density at radius 3 is 2.79 bits per heavy atom. The standard InChI is InChI=1S/C9H12N2O2.CH4/c1-10-8(9(12)13)6-7-4-2-3-5-11-7;/h2-5,8,10H,6H2,1H3,(H,12,13);1H4/t8-;/m0./s1. The molecule has 0 aliphatic rings. The lowest BCUT2D eigenvalue weighted by atomic mass is 10.1. The lowest BCUT2D eigenvalue weighted by Gasteiger charge is -2.09. The van der Waals surface area contributed by atoms with Crippen LogP contribution in [0.15, 0.2) is 24.4 Å². The van der Waals surface area contributed by atoms with E-state index in [1.165, 1.54) is 0 Å². The highest BCUT2D eigenvalue weighted by molar-refractivity contribution is 5.73. The van der Waals surface area contributed by atoms with Gasteiger partial charge in [0, 0.05) is 18.3 Å². The number of aromatic nitrogens is 1. The second kappa shape index (κ2) is 6.10. The molecule has 2 N–H and O–H groups in total. The minimum atomic E-state index is -0.854. The summed E-state index contributed by atoms with van der Waals surface area (Å²) in [6.45, 7) is 0. The fraction of sp³-hybridized carbons (Fsp3) is 0.400. The molecule has 0 aromatic carbocycles. The highest BCUT2D eigenvalue weighted by Crippen LogP contribution is 1.98. The molecule has 0 unspecified atom stereocenters. The van der Waals surface area contributed by atoms with Crippen LogP contribution in [-0.2, 0) is 11.2 Å². The van der Waals surface area contributed by atoms with Gasteiger partial charge in [0.1, 0.15) is 6.04 Å². The van der Waals surface area contributed by atoms with Gasteiger partial charge in [0.2, 0.25) is 0 Å². The summed E-state index contributed by atoms with van der Waals surface area (Å²) < 4.78 is 0. The third-order valence-electron chi connectivity index (χ3n) is 1.79. The Morgan fingerprint density at radius 2 is 2.36 bits per heavy atom. The van der Waals surface area contributed by atoms with E-state index in [1.54, 1.807) is 19.3 Å². The SMILES string of the molecule is C.CN[C@@H](Cc1ccccn1)C(=O)O. The summed E-state index contributed by atoms with van der Waals surface area (Å²) in [5.41, 5.74) is 0.782. The van der Waals surface area contributed by atoms with Gasteiger partial charge < -0.3 is 10.4 Å². The molecule has 4 nitrogen and oxygen atoms in total. The van der Waals surface area contributed by atoms with Crippen LogP contribution in [0, 0.1) is 0 Å². The van der Waals surface area contributed by atoms with Gasteiger partial charge in [-0.05, 0) is 19.2 Å². The third kappa shape index (κ3) is 3.53. The molecule has 0 spiro atoms. The number of nitrogens with one attached hydrogen (secondary N) is 1. The minimum absolute atomic E-state index is 0. The van der Waals surface area contributed by atoms with Gasteiger partial charge in [-0.15, -0.1) is 0 Å². The van der Waals surface area contributed by atoms with Crippen LogP contribution >= 0.6 is 0 Å². The van der Waals surface area contributed by atoms with Crippen LogP contribution < -0.4 is 5.32 Å².